The summed E-state index contributed by atoms with van der Waals surface area (Å²) < 4.78 is 59.0. The smallest absolute Gasteiger partial charge is 0.468 e. The molecule has 0 fully saturated rings. The van der Waals surface area contributed by atoms with E-state index in [9.17, 15) is 27.2 Å². The van der Waals surface area contributed by atoms with E-state index in [0.29, 0.717) is 5.56 Å². The zero-order valence-corrected chi connectivity index (χ0v) is 14.9. The van der Waals surface area contributed by atoms with Crippen LogP contribution in [0.15, 0.2) is 53.6 Å². The Morgan fingerprint density at radius 2 is 1.86 bits per heavy atom. The van der Waals surface area contributed by atoms with Crippen molar-refractivity contribution in [3.8, 4) is 5.75 Å². The molecule has 0 aliphatic carbocycles. The van der Waals surface area contributed by atoms with Gasteiger partial charge in [-0.1, -0.05) is 6.07 Å². The molecule has 1 atom stereocenters. The second-order valence-corrected chi connectivity index (χ2v) is 6.03. The lowest BCUT2D eigenvalue weighted by Gasteiger charge is -2.28. The maximum atomic E-state index is 13.6. The van der Waals surface area contributed by atoms with E-state index in [0.717, 1.165) is 30.3 Å². The molecule has 0 radical (unpaired) electrons. The Morgan fingerprint density at radius 1 is 1.17 bits per heavy atom. The molecule has 1 heterocycles. The van der Waals surface area contributed by atoms with Crippen LogP contribution in [0.3, 0.4) is 0 Å². The molecule has 1 unspecified atom stereocenters. The van der Waals surface area contributed by atoms with Crippen LogP contribution in [0.2, 0.25) is 0 Å². The number of hydrazone groups is 1. The number of halogens is 4. The number of ether oxygens (including phenoxy) is 2. The molecule has 0 aromatic heterocycles. The fourth-order valence-electron chi connectivity index (χ4n) is 2.78. The van der Waals surface area contributed by atoms with Crippen LogP contribution < -0.4 is 9.75 Å². The number of nitrogens with zero attached hydrogens (tertiary/aromatic N) is 2. The van der Waals surface area contributed by atoms with Gasteiger partial charge in [-0.25, -0.2) is 4.39 Å². The van der Waals surface area contributed by atoms with E-state index in [2.05, 4.69) is 14.6 Å². The number of carbonyl (C=O) groups is 2. The first kappa shape index (κ1) is 20.3. The maximum Gasteiger partial charge on any atom is 0.573 e. The van der Waals surface area contributed by atoms with Crippen molar-refractivity contribution in [3.05, 3.63) is 59.9 Å². The number of carbonyl (C=O) groups excluding carboxylic acids is 2. The Labute approximate surface area is 162 Å². The van der Waals surface area contributed by atoms with Crippen LogP contribution in [0.25, 0.3) is 0 Å². The van der Waals surface area contributed by atoms with Crippen LogP contribution in [0.5, 0.6) is 5.75 Å². The molecule has 10 heteroatoms. The third-order valence-electron chi connectivity index (χ3n) is 4.08. The largest absolute Gasteiger partial charge is 0.573 e. The second-order valence-electron chi connectivity index (χ2n) is 6.03. The minimum absolute atomic E-state index is 0.0955. The molecular weight excluding hydrogens is 396 g/mol. The molecule has 0 spiro atoms. The van der Waals surface area contributed by atoms with Crippen molar-refractivity contribution < 1.29 is 36.6 Å². The Kier molecular flexibility index (Phi) is 5.53. The summed E-state index contributed by atoms with van der Waals surface area (Å²) in [5, 5.41) is 5.06. The molecule has 1 aliphatic rings. The number of benzene rings is 2. The molecule has 2 aromatic carbocycles. The Hall–Kier alpha value is -3.43. The van der Waals surface area contributed by atoms with Gasteiger partial charge < -0.3 is 9.47 Å². The van der Waals surface area contributed by atoms with Gasteiger partial charge in [-0.2, -0.15) is 10.1 Å². The lowest BCUT2D eigenvalue weighted by molar-refractivity contribution is -0.274. The number of amides is 1. The Bertz CT molecular complexity index is 957. The Morgan fingerprint density at radius 3 is 2.45 bits per heavy atom. The summed E-state index contributed by atoms with van der Waals surface area (Å²) in [6.07, 6.45) is -4.96. The number of hydrogen-bond donors (Lipinski definition) is 0. The van der Waals surface area contributed by atoms with Crippen molar-refractivity contribution in [1.29, 1.82) is 0 Å². The summed E-state index contributed by atoms with van der Waals surface area (Å²) in [4.78, 5) is 24.7. The number of methoxy groups -OCH3 is 1. The first-order valence-corrected chi connectivity index (χ1v) is 8.29. The van der Waals surface area contributed by atoms with Crippen molar-refractivity contribution in [2.24, 2.45) is 11.0 Å². The molecule has 0 N–H and O–H groups in total. The molecule has 1 aliphatic heterocycles. The molecular formula is C19H14F4N2O4. The van der Waals surface area contributed by atoms with E-state index in [4.69, 9.17) is 0 Å². The van der Waals surface area contributed by atoms with Crippen molar-refractivity contribution in [2.75, 3.05) is 12.1 Å². The summed E-state index contributed by atoms with van der Waals surface area (Å²) in [7, 11) is 1.12. The second kappa shape index (κ2) is 7.90. The molecule has 29 heavy (non-hydrogen) atoms. The summed E-state index contributed by atoms with van der Waals surface area (Å²) in [6.45, 7) is 0. The molecule has 6 nitrogen and oxygen atoms in total. The molecule has 0 saturated heterocycles. The highest BCUT2D eigenvalue weighted by molar-refractivity contribution is 6.15. The van der Waals surface area contributed by atoms with Crippen molar-refractivity contribution in [2.45, 2.75) is 12.8 Å². The minimum Gasteiger partial charge on any atom is -0.468 e. The van der Waals surface area contributed by atoms with Gasteiger partial charge in [0.15, 0.2) is 0 Å². The average molecular weight is 410 g/mol. The van der Waals surface area contributed by atoms with Crippen LogP contribution in [0.4, 0.5) is 23.2 Å². The quantitative estimate of drug-likeness (QED) is 0.438. The van der Waals surface area contributed by atoms with Gasteiger partial charge in [-0.15, -0.1) is 13.2 Å². The van der Waals surface area contributed by atoms with Gasteiger partial charge in [-0.3, -0.25) is 9.59 Å². The van der Waals surface area contributed by atoms with Gasteiger partial charge in [0.1, 0.15) is 17.5 Å². The Balaban J connectivity index is 1.98. The summed E-state index contributed by atoms with van der Waals surface area (Å²) in [6, 6.07) is 9.85. The topological polar surface area (TPSA) is 68.2 Å². The molecule has 1 amide bonds. The normalized spacial score (nSPS) is 17.0. The number of anilines is 1. The predicted molar refractivity (Wildman–Crippen MR) is 93.7 cm³/mol. The SMILES string of the molecule is COC(=O)C1CC(c2ccc(OC(F)(F)F)cc2)=NN(c2cccc(F)c2)C1=O. The third kappa shape index (κ3) is 4.71. The highest BCUT2D eigenvalue weighted by Gasteiger charge is 2.38. The van der Waals surface area contributed by atoms with Crippen LogP contribution in [-0.4, -0.2) is 31.1 Å². The molecule has 0 saturated carbocycles. The molecule has 3 rings (SSSR count). The first-order valence-electron chi connectivity index (χ1n) is 8.29. The van der Waals surface area contributed by atoms with E-state index < -0.39 is 35.7 Å². The van der Waals surface area contributed by atoms with Gasteiger partial charge in [0.25, 0.3) is 5.91 Å². The zero-order chi connectivity index (χ0) is 21.2. The molecule has 152 valence electrons. The van der Waals surface area contributed by atoms with Crippen molar-refractivity contribution in [1.82, 2.24) is 0 Å². The first-order chi connectivity index (χ1) is 13.7. The van der Waals surface area contributed by atoms with Gasteiger partial charge in [0, 0.05) is 6.42 Å². The fraction of sp³-hybridized carbons (Fsp3) is 0.211. The van der Waals surface area contributed by atoms with E-state index in [-0.39, 0.29) is 17.8 Å². The minimum atomic E-state index is -4.83. The van der Waals surface area contributed by atoms with Crippen LogP contribution in [0, 0.1) is 11.7 Å². The average Bonchev–Trinajstić information content (AvgIpc) is 2.67. The van der Waals surface area contributed by atoms with Gasteiger partial charge in [-0.05, 0) is 48.0 Å². The van der Waals surface area contributed by atoms with Crippen LogP contribution in [0.1, 0.15) is 12.0 Å². The zero-order valence-electron chi connectivity index (χ0n) is 14.9. The fourth-order valence-corrected chi connectivity index (χ4v) is 2.78. The number of alkyl halides is 3. The van der Waals surface area contributed by atoms with Gasteiger partial charge in [0.2, 0.25) is 0 Å². The summed E-state index contributed by atoms with van der Waals surface area (Å²) in [5.41, 5.74) is 0.697. The highest BCUT2D eigenvalue weighted by Crippen LogP contribution is 2.28. The lowest BCUT2D eigenvalue weighted by Crippen LogP contribution is -2.43. The van der Waals surface area contributed by atoms with E-state index in [1.165, 1.54) is 30.3 Å². The van der Waals surface area contributed by atoms with Crippen molar-refractivity contribution in [3.63, 3.8) is 0 Å². The van der Waals surface area contributed by atoms with Crippen LogP contribution >= 0.6 is 0 Å². The van der Waals surface area contributed by atoms with E-state index in [1.807, 2.05) is 0 Å². The van der Waals surface area contributed by atoms with E-state index in [1.54, 1.807) is 0 Å². The molecule has 2 aromatic rings. The number of esters is 1. The van der Waals surface area contributed by atoms with Gasteiger partial charge >= 0.3 is 12.3 Å². The van der Waals surface area contributed by atoms with Crippen LogP contribution in [-0.2, 0) is 14.3 Å². The lowest BCUT2D eigenvalue weighted by atomic mass is 9.94. The van der Waals surface area contributed by atoms with E-state index >= 15 is 0 Å². The predicted octanol–water partition coefficient (Wildman–Crippen LogP) is 3.65. The third-order valence-corrected chi connectivity index (χ3v) is 4.08. The maximum absolute atomic E-state index is 13.6. The monoisotopic (exact) mass is 410 g/mol. The number of hydrogen-bond acceptors (Lipinski definition) is 5. The van der Waals surface area contributed by atoms with Gasteiger partial charge in [0.05, 0.1) is 18.5 Å². The summed E-state index contributed by atoms with van der Waals surface area (Å²) in [5.74, 6) is -3.79. The molecule has 0 bridgehead atoms. The highest BCUT2D eigenvalue weighted by atomic mass is 19.4. The standard InChI is InChI=1S/C19H14F4N2O4/c1-28-18(27)15-10-16(11-5-7-14(8-6-11)29-19(21,22)23)24-25(17(15)26)13-4-2-3-12(20)9-13/h2-9,15H,10H2,1H3. The summed E-state index contributed by atoms with van der Waals surface area (Å²) >= 11 is 0. The number of rotatable bonds is 4. The van der Waals surface area contributed by atoms with Crippen molar-refractivity contribution >= 4 is 23.3 Å².